The Morgan fingerprint density at radius 1 is 0.935 bits per heavy atom. The molecule has 0 spiro atoms. The Morgan fingerprint density at radius 2 is 1.58 bits per heavy atom. The quantitative estimate of drug-likeness (QED) is 0.684. The van der Waals surface area contributed by atoms with Crippen LogP contribution < -0.4 is 0 Å². The lowest BCUT2D eigenvalue weighted by Gasteiger charge is -2.38. The molecule has 2 fully saturated rings. The first-order chi connectivity index (χ1) is 14.4. The molecule has 1 aliphatic carbocycles. The summed E-state index contributed by atoms with van der Waals surface area (Å²) in [7, 11) is 0. The number of amides is 1. The summed E-state index contributed by atoms with van der Waals surface area (Å²) < 4.78 is 79.6. The largest absolute Gasteiger partial charge is 0.481 e. The predicted molar refractivity (Wildman–Crippen MR) is 97.8 cm³/mol. The maximum absolute atomic E-state index is 13.5. The number of alkyl halides is 6. The number of carboxylic acid groups (broad SMARTS) is 1. The van der Waals surface area contributed by atoms with Crippen molar-refractivity contribution < 1.29 is 41.0 Å². The van der Waals surface area contributed by atoms with Crippen LogP contribution in [0.5, 0.6) is 0 Å². The van der Waals surface area contributed by atoms with Gasteiger partial charge in [0, 0.05) is 19.0 Å². The minimum Gasteiger partial charge on any atom is -0.481 e. The van der Waals surface area contributed by atoms with E-state index in [0.717, 1.165) is 10.5 Å². The van der Waals surface area contributed by atoms with Crippen molar-refractivity contribution in [2.45, 2.75) is 38.0 Å². The van der Waals surface area contributed by atoms with Crippen molar-refractivity contribution in [2.24, 2.45) is 29.6 Å². The highest BCUT2D eigenvalue weighted by molar-refractivity contribution is 5.81. The molecular weight excluding hydrogens is 428 g/mol. The van der Waals surface area contributed by atoms with Gasteiger partial charge in [0.05, 0.1) is 17.8 Å². The van der Waals surface area contributed by atoms with Crippen LogP contribution in [0, 0.1) is 29.6 Å². The number of carbonyl (C=O) groups excluding carboxylic acids is 1. The number of benzene rings is 1. The fraction of sp³-hybridized carbons (Fsp3) is 0.619. The SMILES string of the molecule is O=C(O)[C@@H]1CN(C(=O)C2CCC(C(F)(F)F)CC2C(F)(F)F)C[C@H]1Cc1ccccc1. The average Bonchev–Trinajstić information content (AvgIpc) is 3.10. The van der Waals surface area contributed by atoms with Crippen LogP contribution in [0.4, 0.5) is 26.3 Å². The van der Waals surface area contributed by atoms with Gasteiger partial charge in [-0.05, 0) is 37.2 Å². The third-order valence-electron chi connectivity index (χ3n) is 6.46. The van der Waals surface area contributed by atoms with Crippen molar-refractivity contribution >= 4 is 11.9 Å². The van der Waals surface area contributed by atoms with Crippen LogP contribution >= 0.6 is 0 Å². The fourth-order valence-corrected chi connectivity index (χ4v) is 4.81. The molecule has 1 N–H and O–H groups in total. The molecule has 4 nitrogen and oxygen atoms in total. The Morgan fingerprint density at radius 3 is 2.13 bits per heavy atom. The van der Waals surface area contributed by atoms with Gasteiger partial charge in [0.15, 0.2) is 0 Å². The normalized spacial score (nSPS) is 29.7. The van der Waals surface area contributed by atoms with Crippen LogP contribution in [-0.4, -0.2) is 47.3 Å². The molecule has 0 aromatic heterocycles. The molecule has 3 rings (SSSR count). The number of halogens is 6. The first kappa shape index (κ1) is 23.4. The van der Waals surface area contributed by atoms with E-state index < -0.39 is 73.1 Å². The summed E-state index contributed by atoms with van der Waals surface area (Å²) >= 11 is 0. The average molecular weight is 451 g/mol. The summed E-state index contributed by atoms with van der Waals surface area (Å²) in [5.41, 5.74) is 0.840. The molecule has 2 aliphatic rings. The Kier molecular flexibility index (Phi) is 6.57. The molecular formula is C21H23F6NO3. The van der Waals surface area contributed by atoms with Crippen molar-refractivity contribution in [1.82, 2.24) is 4.90 Å². The molecule has 3 unspecified atom stereocenters. The van der Waals surface area contributed by atoms with Gasteiger partial charge < -0.3 is 10.0 Å². The van der Waals surface area contributed by atoms with Gasteiger partial charge in [-0.2, -0.15) is 26.3 Å². The molecule has 10 heteroatoms. The Labute approximate surface area is 175 Å². The second-order valence-corrected chi connectivity index (χ2v) is 8.44. The fourth-order valence-electron chi connectivity index (χ4n) is 4.81. The van der Waals surface area contributed by atoms with Crippen LogP contribution in [0.3, 0.4) is 0 Å². The summed E-state index contributed by atoms with van der Waals surface area (Å²) in [4.78, 5) is 25.7. The zero-order valence-corrected chi connectivity index (χ0v) is 16.5. The van der Waals surface area contributed by atoms with E-state index in [9.17, 15) is 41.0 Å². The van der Waals surface area contributed by atoms with Gasteiger partial charge >= 0.3 is 18.3 Å². The molecule has 172 valence electrons. The lowest BCUT2D eigenvalue weighted by Crippen LogP contribution is -2.47. The van der Waals surface area contributed by atoms with Crippen LogP contribution in [0.15, 0.2) is 30.3 Å². The van der Waals surface area contributed by atoms with Crippen LogP contribution in [0.2, 0.25) is 0 Å². The Bertz CT molecular complexity index is 795. The van der Waals surface area contributed by atoms with Crippen molar-refractivity contribution in [3.63, 3.8) is 0 Å². The zero-order chi connectivity index (χ0) is 23.0. The van der Waals surface area contributed by atoms with Gasteiger partial charge in [0.1, 0.15) is 0 Å². The number of carbonyl (C=O) groups is 2. The van der Waals surface area contributed by atoms with Crippen molar-refractivity contribution in [3.05, 3.63) is 35.9 Å². The van der Waals surface area contributed by atoms with Gasteiger partial charge in [-0.25, -0.2) is 0 Å². The maximum Gasteiger partial charge on any atom is 0.392 e. The number of aliphatic carboxylic acids is 1. The van der Waals surface area contributed by atoms with E-state index in [1.54, 1.807) is 30.3 Å². The van der Waals surface area contributed by atoms with Crippen LogP contribution in [0.1, 0.15) is 24.8 Å². The molecule has 1 aliphatic heterocycles. The summed E-state index contributed by atoms with van der Waals surface area (Å²) in [5, 5.41) is 9.53. The van der Waals surface area contributed by atoms with Gasteiger partial charge in [-0.15, -0.1) is 0 Å². The Balaban J connectivity index is 1.76. The van der Waals surface area contributed by atoms with E-state index >= 15 is 0 Å². The van der Waals surface area contributed by atoms with Crippen molar-refractivity contribution in [1.29, 1.82) is 0 Å². The molecule has 1 aromatic carbocycles. The van der Waals surface area contributed by atoms with Crippen molar-refractivity contribution in [2.75, 3.05) is 13.1 Å². The van der Waals surface area contributed by atoms with Gasteiger partial charge in [0.25, 0.3) is 0 Å². The number of hydrogen-bond donors (Lipinski definition) is 1. The summed E-state index contributed by atoms with van der Waals surface area (Å²) in [6.07, 6.45) is -11.6. The molecule has 31 heavy (non-hydrogen) atoms. The van der Waals surface area contributed by atoms with E-state index in [4.69, 9.17) is 0 Å². The highest BCUT2D eigenvalue weighted by Crippen LogP contribution is 2.49. The van der Waals surface area contributed by atoms with E-state index in [1.807, 2.05) is 0 Å². The van der Waals surface area contributed by atoms with Crippen LogP contribution in [0.25, 0.3) is 0 Å². The monoisotopic (exact) mass is 451 g/mol. The first-order valence-corrected chi connectivity index (χ1v) is 10.1. The van der Waals surface area contributed by atoms with Gasteiger partial charge in [0.2, 0.25) is 5.91 Å². The number of carboxylic acids is 1. The molecule has 0 bridgehead atoms. The van der Waals surface area contributed by atoms with E-state index in [1.165, 1.54) is 0 Å². The number of rotatable bonds is 4. The molecule has 1 saturated carbocycles. The topological polar surface area (TPSA) is 57.6 Å². The second-order valence-electron chi connectivity index (χ2n) is 8.44. The highest BCUT2D eigenvalue weighted by Gasteiger charge is 2.56. The summed E-state index contributed by atoms with van der Waals surface area (Å²) in [5.74, 6) is -9.59. The molecule has 0 radical (unpaired) electrons. The summed E-state index contributed by atoms with van der Waals surface area (Å²) in [6, 6.07) is 8.92. The predicted octanol–water partition coefficient (Wildman–Crippen LogP) is 4.55. The number of nitrogens with zero attached hydrogens (tertiary/aromatic N) is 1. The number of hydrogen-bond acceptors (Lipinski definition) is 2. The van der Waals surface area contributed by atoms with E-state index in [0.29, 0.717) is 6.42 Å². The van der Waals surface area contributed by atoms with Gasteiger partial charge in [-0.1, -0.05) is 30.3 Å². The van der Waals surface area contributed by atoms with Crippen LogP contribution in [-0.2, 0) is 16.0 Å². The lowest BCUT2D eigenvalue weighted by molar-refractivity contribution is -0.234. The Hall–Kier alpha value is -2.26. The number of likely N-dealkylation sites (tertiary alicyclic amines) is 1. The zero-order valence-electron chi connectivity index (χ0n) is 16.5. The molecule has 5 atom stereocenters. The minimum absolute atomic E-state index is 0.0333. The summed E-state index contributed by atoms with van der Waals surface area (Å²) in [6.45, 7) is -0.274. The van der Waals surface area contributed by atoms with E-state index in [2.05, 4.69) is 0 Å². The van der Waals surface area contributed by atoms with E-state index in [-0.39, 0.29) is 13.1 Å². The third kappa shape index (κ3) is 5.33. The molecule has 1 saturated heterocycles. The third-order valence-corrected chi connectivity index (χ3v) is 6.46. The smallest absolute Gasteiger partial charge is 0.392 e. The second kappa shape index (κ2) is 8.70. The standard InChI is InChI=1S/C21H23F6NO3/c22-20(23,24)14-6-7-15(17(9-14)21(25,26)27)18(29)28-10-13(16(11-28)19(30)31)8-12-4-2-1-3-5-12/h1-5,13-17H,6-11H2,(H,30,31)/t13-,14?,15?,16-,17?/m1/s1. The lowest BCUT2D eigenvalue weighted by atomic mass is 9.72. The highest BCUT2D eigenvalue weighted by atomic mass is 19.4. The molecule has 1 amide bonds. The molecule has 1 aromatic rings. The maximum atomic E-state index is 13.5. The first-order valence-electron chi connectivity index (χ1n) is 10.1. The molecule has 1 heterocycles. The minimum atomic E-state index is -4.94. The van der Waals surface area contributed by atoms with Crippen molar-refractivity contribution in [3.8, 4) is 0 Å². The van der Waals surface area contributed by atoms with Gasteiger partial charge in [-0.3, -0.25) is 9.59 Å².